The lowest BCUT2D eigenvalue weighted by molar-refractivity contribution is -0.143. The summed E-state index contributed by atoms with van der Waals surface area (Å²) in [6.07, 6.45) is -0.701. The molecule has 0 saturated carbocycles. The Morgan fingerprint density at radius 2 is 1.68 bits per heavy atom. The summed E-state index contributed by atoms with van der Waals surface area (Å²) in [6.45, 7) is 10.9. The quantitative estimate of drug-likeness (QED) is 0.360. The molecule has 218 valence electrons. The molecule has 3 N–H and O–H groups in total. The Bertz CT molecular complexity index is 1190. The van der Waals surface area contributed by atoms with Crippen LogP contribution in [0.3, 0.4) is 0 Å². The number of rotatable bonds is 11. The number of carbonyl (C=O) groups is 4. The second-order valence-corrected chi connectivity index (χ2v) is 10.6. The van der Waals surface area contributed by atoms with Crippen molar-refractivity contribution in [3.8, 4) is 5.75 Å². The molecule has 0 aliphatic carbocycles. The maximum absolute atomic E-state index is 14.0. The molecule has 2 aromatic rings. The van der Waals surface area contributed by atoms with Gasteiger partial charge in [0.05, 0.1) is 13.0 Å². The van der Waals surface area contributed by atoms with Crippen LogP contribution in [0.4, 0.5) is 4.79 Å². The molecule has 10 heteroatoms. The maximum atomic E-state index is 14.0. The molecule has 0 heterocycles. The molecule has 2 atom stereocenters. The van der Waals surface area contributed by atoms with Gasteiger partial charge < -0.3 is 30.1 Å². The predicted molar refractivity (Wildman–Crippen MR) is 151 cm³/mol. The first kappa shape index (κ1) is 32.1. The highest BCUT2D eigenvalue weighted by Crippen LogP contribution is 2.26. The first-order chi connectivity index (χ1) is 18.7. The fourth-order valence-corrected chi connectivity index (χ4v) is 4.10. The van der Waals surface area contributed by atoms with Gasteiger partial charge in [-0.25, -0.2) is 4.79 Å². The number of aromatic hydroxyl groups is 1. The van der Waals surface area contributed by atoms with Crippen LogP contribution in [0.25, 0.3) is 0 Å². The molecule has 2 aromatic carbocycles. The van der Waals surface area contributed by atoms with Gasteiger partial charge in [-0.15, -0.1) is 0 Å². The fraction of sp³-hybridized carbons (Fsp3) is 0.467. The van der Waals surface area contributed by atoms with E-state index in [2.05, 4.69) is 10.6 Å². The van der Waals surface area contributed by atoms with Gasteiger partial charge in [0.25, 0.3) is 0 Å². The standard InChI is InChI=1S/C30H41N3O7/c1-8-39-25(35)16-17-31-27(36)26(23-11-9-10-19(2)20(23)3)33(7)28(37)24(32-29(38)40-30(4,5)6)18-21-12-14-22(34)15-13-21/h9-15,24,26,34H,8,16-18H2,1-7H3,(H,31,36)(H,32,38). The van der Waals surface area contributed by atoms with Crippen molar-refractivity contribution in [3.63, 3.8) is 0 Å². The third-order valence-electron chi connectivity index (χ3n) is 6.22. The van der Waals surface area contributed by atoms with E-state index in [4.69, 9.17) is 9.47 Å². The summed E-state index contributed by atoms with van der Waals surface area (Å²) in [7, 11) is 1.50. The van der Waals surface area contributed by atoms with Crippen molar-refractivity contribution in [2.24, 2.45) is 0 Å². The first-order valence-corrected chi connectivity index (χ1v) is 13.3. The summed E-state index contributed by atoms with van der Waals surface area (Å²) in [4.78, 5) is 53.3. The maximum Gasteiger partial charge on any atom is 0.408 e. The van der Waals surface area contributed by atoms with Crippen LogP contribution in [0.5, 0.6) is 5.75 Å². The van der Waals surface area contributed by atoms with Crippen molar-refractivity contribution in [2.45, 2.75) is 72.1 Å². The van der Waals surface area contributed by atoms with Gasteiger partial charge in [-0.05, 0) is 75.9 Å². The number of amides is 3. The molecular weight excluding hydrogens is 514 g/mol. The van der Waals surface area contributed by atoms with Crippen LogP contribution in [0.2, 0.25) is 0 Å². The minimum absolute atomic E-state index is 0.0135. The van der Waals surface area contributed by atoms with Crippen LogP contribution in [0.1, 0.15) is 62.4 Å². The van der Waals surface area contributed by atoms with Crippen LogP contribution >= 0.6 is 0 Å². The number of likely N-dealkylation sites (N-methyl/N-ethyl adjacent to an activating group) is 1. The van der Waals surface area contributed by atoms with Crippen molar-refractivity contribution in [2.75, 3.05) is 20.2 Å². The molecular formula is C30H41N3O7. The van der Waals surface area contributed by atoms with Gasteiger partial charge in [0.15, 0.2) is 0 Å². The largest absolute Gasteiger partial charge is 0.508 e. The lowest BCUT2D eigenvalue weighted by Crippen LogP contribution is -2.52. The van der Waals surface area contributed by atoms with Gasteiger partial charge in [0.2, 0.25) is 11.8 Å². The van der Waals surface area contributed by atoms with E-state index >= 15 is 0 Å². The Kier molecular flexibility index (Phi) is 11.5. The summed E-state index contributed by atoms with van der Waals surface area (Å²) in [5, 5.41) is 15.1. The smallest absolute Gasteiger partial charge is 0.408 e. The molecule has 0 aromatic heterocycles. The summed E-state index contributed by atoms with van der Waals surface area (Å²) < 4.78 is 10.3. The summed E-state index contributed by atoms with van der Waals surface area (Å²) in [5.74, 6) is -1.37. The molecule has 2 rings (SSSR count). The van der Waals surface area contributed by atoms with Crippen LogP contribution in [-0.4, -0.2) is 65.7 Å². The Labute approximate surface area is 236 Å². The van der Waals surface area contributed by atoms with E-state index in [1.54, 1.807) is 45.9 Å². The third-order valence-corrected chi connectivity index (χ3v) is 6.22. The number of carbonyl (C=O) groups excluding carboxylic acids is 4. The highest BCUT2D eigenvalue weighted by atomic mass is 16.6. The van der Waals surface area contributed by atoms with E-state index in [1.165, 1.54) is 24.1 Å². The number of phenols is 1. The predicted octanol–water partition coefficient (Wildman–Crippen LogP) is 3.71. The number of nitrogens with one attached hydrogen (secondary N) is 2. The third kappa shape index (κ3) is 9.59. The fourth-order valence-electron chi connectivity index (χ4n) is 4.10. The van der Waals surface area contributed by atoms with Crippen molar-refractivity contribution in [1.82, 2.24) is 15.5 Å². The first-order valence-electron chi connectivity index (χ1n) is 13.3. The lowest BCUT2D eigenvalue weighted by atomic mass is 9.95. The van der Waals surface area contributed by atoms with Crippen molar-refractivity contribution in [1.29, 1.82) is 0 Å². The Morgan fingerprint density at radius 1 is 1.02 bits per heavy atom. The number of nitrogens with zero attached hydrogens (tertiary/aromatic N) is 1. The van der Waals surface area contributed by atoms with E-state index in [9.17, 15) is 24.3 Å². The van der Waals surface area contributed by atoms with Gasteiger partial charge in [-0.3, -0.25) is 14.4 Å². The van der Waals surface area contributed by atoms with E-state index in [-0.39, 0.29) is 31.7 Å². The van der Waals surface area contributed by atoms with Crippen molar-refractivity contribution < 1.29 is 33.8 Å². The average Bonchev–Trinajstić information content (AvgIpc) is 2.86. The van der Waals surface area contributed by atoms with E-state index in [0.29, 0.717) is 11.1 Å². The van der Waals surface area contributed by atoms with Crippen LogP contribution in [0.15, 0.2) is 42.5 Å². The number of alkyl carbamates (subject to hydrolysis) is 1. The van der Waals surface area contributed by atoms with Crippen LogP contribution in [0, 0.1) is 13.8 Å². The molecule has 0 saturated heterocycles. The van der Waals surface area contributed by atoms with Crippen LogP contribution in [-0.2, 0) is 30.3 Å². The van der Waals surface area contributed by atoms with Crippen molar-refractivity contribution >= 4 is 23.9 Å². The number of hydrogen-bond acceptors (Lipinski definition) is 7. The topological polar surface area (TPSA) is 134 Å². The second kappa shape index (κ2) is 14.3. The highest BCUT2D eigenvalue weighted by molar-refractivity contribution is 5.92. The van der Waals surface area contributed by atoms with Gasteiger partial charge in [0, 0.05) is 20.0 Å². The molecule has 0 bridgehead atoms. The number of ether oxygens (including phenoxy) is 2. The highest BCUT2D eigenvalue weighted by Gasteiger charge is 2.35. The monoisotopic (exact) mass is 555 g/mol. The molecule has 0 aliphatic heterocycles. The van der Waals surface area contributed by atoms with E-state index in [0.717, 1.165) is 11.1 Å². The Morgan fingerprint density at radius 3 is 2.27 bits per heavy atom. The number of esters is 1. The number of hydrogen-bond donors (Lipinski definition) is 3. The molecule has 3 amide bonds. The SMILES string of the molecule is CCOC(=O)CCNC(=O)C(c1cccc(C)c1C)N(C)C(=O)C(Cc1ccc(O)cc1)NC(=O)OC(C)(C)C. The molecule has 0 radical (unpaired) electrons. The van der Waals surface area contributed by atoms with Crippen molar-refractivity contribution in [3.05, 3.63) is 64.7 Å². The van der Waals surface area contributed by atoms with E-state index in [1.807, 2.05) is 26.0 Å². The zero-order valence-electron chi connectivity index (χ0n) is 24.4. The number of aryl methyl sites for hydroxylation is 1. The normalized spacial score (nSPS) is 12.6. The Hall–Kier alpha value is -4.08. The zero-order valence-corrected chi connectivity index (χ0v) is 24.4. The lowest BCUT2D eigenvalue weighted by Gasteiger charge is -2.32. The second-order valence-electron chi connectivity index (χ2n) is 10.6. The summed E-state index contributed by atoms with van der Waals surface area (Å²) >= 11 is 0. The minimum Gasteiger partial charge on any atom is -0.508 e. The summed E-state index contributed by atoms with van der Waals surface area (Å²) in [5.41, 5.74) is 2.29. The molecule has 0 aliphatic rings. The van der Waals surface area contributed by atoms with E-state index < -0.39 is 41.6 Å². The van der Waals surface area contributed by atoms with Gasteiger partial charge in [0.1, 0.15) is 23.4 Å². The zero-order chi connectivity index (χ0) is 30.0. The molecule has 2 unspecified atom stereocenters. The molecule has 40 heavy (non-hydrogen) atoms. The molecule has 10 nitrogen and oxygen atoms in total. The van der Waals surface area contributed by atoms with Gasteiger partial charge in [-0.1, -0.05) is 30.3 Å². The molecule has 0 spiro atoms. The molecule has 0 fully saturated rings. The Balaban J connectivity index is 2.41. The van der Waals surface area contributed by atoms with Gasteiger partial charge in [-0.2, -0.15) is 0 Å². The summed E-state index contributed by atoms with van der Waals surface area (Å²) in [6, 6.07) is 9.65. The van der Waals surface area contributed by atoms with Crippen LogP contribution < -0.4 is 10.6 Å². The average molecular weight is 556 g/mol. The minimum atomic E-state index is -1.08. The van der Waals surface area contributed by atoms with Gasteiger partial charge >= 0.3 is 12.1 Å². The number of benzene rings is 2. The number of phenolic OH excluding ortho intramolecular Hbond substituents is 1.